The Bertz CT molecular complexity index is 82.1. The van der Waals surface area contributed by atoms with Gasteiger partial charge in [-0.05, 0) is 6.42 Å². The zero-order valence-corrected chi connectivity index (χ0v) is 5.06. The fraction of sp³-hybridized carbons (Fsp3) is 0.600. The van der Waals surface area contributed by atoms with Crippen molar-refractivity contribution in [2.75, 3.05) is 6.54 Å². The average Bonchev–Trinajstić information content (AvgIpc) is 2.22. The van der Waals surface area contributed by atoms with E-state index in [2.05, 4.69) is 19.4 Å². The van der Waals surface area contributed by atoms with E-state index < -0.39 is 0 Å². The van der Waals surface area contributed by atoms with E-state index >= 15 is 0 Å². The molecular formula is C5H9NS. The van der Waals surface area contributed by atoms with Crippen molar-refractivity contribution in [2.45, 2.75) is 12.5 Å². The highest BCUT2D eigenvalue weighted by Crippen LogP contribution is 2.22. The van der Waals surface area contributed by atoms with Gasteiger partial charge in [0.1, 0.15) is 0 Å². The lowest BCUT2D eigenvalue weighted by Crippen LogP contribution is -1.83. The van der Waals surface area contributed by atoms with Crippen LogP contribution in [0.2, 0.25) is 0 Å². The zero-order valence-electron chi connectivity index (χ0n) is 4.17. The van der Waals surface area contributed by atoms with Gasteiger partial charge in [0.15, 0.2) is 0 Å². The molecular weight excluding hydrogens is 106 g/mol. The SMILES string of the molecule is C=CCC1CN1S. The molecule has 1 nitrogen and oxygen atoms in total. The van der Waals surface area contributed by atoms with Crippen molar-refractivity contribution in [2.24, 2.45) is 0 Å². The third-order valence-electron chi connectivity index (χ3n) is 1.12. The Morgan fingerprint density at radius 1 is 2.00 bits per heavy atom. The molecule has 1 fully saturated rings. The lowest BCUT2D eigenvalue weighted by molar-refractivity contribution is 0.808. The van der Waals surface area contributed by atoms with Gasteiger partial charge < -0.3 is 0 Å². The molecule has 1 aliphatic heterocycles. The molecule has 2 heteroatoms. The molecule has 0 saturated carbocycles. The summed E-state index contributed by atoms with van der Waals surface area (Å²) in [6.45, 7) is 4.75. The average molecular weight is 115 g/mol. The first-order valence-corrected chi connectivity index (χ1v) is 2.81. The van der Waals surface area contributed by atoms with E-state index in [4.69, 9.17) is 0 Å². The summed E-state index contributed by atoms with van der Waals surface area (Å²) >= 11 is 4.09. The zero-order chi connectivity index (χ0) is 5.28. The molecule has 2 unspecified atom stereocenters. The van der Waals surface area contributed by atoms with Crippen LogP contribution in [0.4, 0.5) is 0 Å². The van der Waals surface area contributed by atoms with Crippen molar-refractivity contribution in [3.63, 3.8) is 0 Å². The standard InChI is InChI=1S/C5H9NS/c1-2-3-5-4-6(5)7/h2,5,7H,1,3-4H2. The largest absolute Gasteiger partial charge is 0.247 e. The van der Waals surface area contributed by atoms with Crippen molar-refractivity contribution >= 4 is 12.8 Å². The minimum absolute atomic E-state index is 0.695. The highest BCUT2D eigenvalue weighted by molar-refractivity contribution is 7.78. The van der Waals surface area contributed by atoms with Gasteiger partial charge in [0.05, 0.1) is 0 Å². The molecule has 0 aromatic heterocycles. The normalized spacial score (nSPS) is 37.9. The van der Waals surface area contributed by atoms with Crippen LogP contribution in [0.5, 0.6) is 0 Å². The van der Waals surface area contributed by atoms with Crippen LogP contribution in [0.3, 0.4) is 0 Å². The Kier molecular flexibility index (Phi) is 1.40. The van der Waals surface area contributed by atoms with E-state index in [1.807, 2.05) is 10.4 Å². The topological polar surface area (TPSA) is 3.01 Å². The van der Waals surface area contributed by atoms with Gasteiger partial charge >= 0.3 is 0 Å². The van der Waals surface area contributed by atoms with E-state index in [0.29, 0.717) is 6.04 Å². The number of hydrogen-bond acceptors (Lipinski definition) is 2. The molecule has 1 aliphatic rings. The minimum atomic E-state index is 0.695. The number of hydrogen-bond donors (Lipinski definition) is 1. The van der Waals surface area contributed by atoms with Gasteiger partial charge in [-0.15, -0.1) is 6.58 Å². The summed E-state index contributed by atoms with van der Waals surface area (Å²) in [6.07, 6.45) is 3.02. The van der Waals surface area contributed by atoms with Gasteiger partial charge in [-0.3, -0.25) is 0 Å². The molecule has 0 aromatic carbocycles. The smallest absolute Gasteiger partial charge is 0.0371 e. The second-order valence-corrected chi connectivity index (χ2v) is 2.31. The quantitative estimate of drug-likeness (QED) is 0.320. The van der Waals surface area contributed by atoms with Gasteiger partial charge in [-0.1, -0.05) is 18.9 Å². The molecule has 7 heavy (non-hydrogen) atoms. The maximum atomic E-state index is 4.09. The van der Waals surface area contributed by atoms with Crippen molar-refractivity contribution in [1.29, 1.82) is 0 Å². The highest BCUT2D eigenvalue weighted by atomic mass is 32.1. The van der Waals surface area contributed by atoms with Gasteiger partial charge in [0.2, 0.25) is 0 Å². The first-order chi connectivity index (χ1) is 3.34. The maximum absolute atomic E-state index is 4.09. The number of rotatable bonds is 2. The van der Waals surface area contributed by atoms with Gasteiger partial charge in [0.25, 0.3) is 0 Å². The Balaban J connectivity index is 2.08. The number of thiol groups is 1. The molecule has 0 aliphatic carbocycles. The van der Waals surface area contributed by atoms with Gasteiger partial charge in [0, 0.05) is 12.6 Å². The Hall–Kier alpha value is 0.0500. The van der Waals surface area contributed by atoms with E-state index in [1.165, 1.54) is 0 Å². The van der Waals surface area contributed by atoms with Crippen LogP contribution in [0.1, 0.15) is 6.42 Å². The maximum Gasteiger partial charge on any atom is 0.0371 e. The molecule has 0 radical (unpaired) electrons. The van der Waals surface area contributed by atoms with Crippen LogP contribution in [0.15, 0.2) is 12.7 Å². The molecule has 0 bridgehead atoms. The Labute approximate surface area is 49.6 Å². The molecule has 0 amide bonds. The fourth-order valence-electron chi connectivity index (χ4n) is 0.557. The van der Waals surface area contributed by atoms with Crippen LogP contribution >= 0.6 is 12.8 Å². The second-order valence-electron chi connectivity index (χ2n) is 1.80. The lowest BCUT2D eigenvalue weighted by Gasteiger charge is -1.83. The summed E-state index contributed by atoms with van der Waals surface area (Å²) in [5.41, 5.74) is 0. The highest BCUT2D eigenvalue weighted by Gasteiger charge is 2.28. The van der Waals surface area contributed by atoms with Crippen LogP contribution in [0.25, 0.3) is 0 Å². The summed E-state index contributed by atoms with van der Waals surface area (Å²) in [4.78, 5) is 0. The van der Waals surface area contributed by atoms with Crippen molar-refractivity contribution in [1.82, 2.24) is 4.31 Å². The van der Waals surface area contributed by atoms with Crippen LogP contribution in [-0.2, 0) is 0 Å². The summed E-state index contributed by atoms with van der Waals surface area (Å²) in [7, 11) is 0. The van der Waals surface area contributed by atoms with E-state index in [-0.39, 0.29) is 0 Å². The molecule has 1 rings (SSSR count). The summed E-state index contributed by atoms with van der Waals surface area (Å²) in [6, 6.07) is 0.695. The van der Waals surface area contributed by atoms with Crippen molar-refractivity contribution in [3.05, 3.63) is 12.7 Å². The molecule has 40 valence electrons. The van der Waals surface area contributed by atoms with E-state index in [0.717, 1.165) is 13.0 Å². The Morgan fingerprint density at radius 2 is 2.57 bits per heavy atom. The van der Waals surface area contributed by atoms with Gasteiger partial charge in [-0.2, -0.15) is 0 Å². The van der Waals surface area contributed by atoms with Crippen LogP contribution < -0.4 is 0 Å². The van der Waals surface area contributed by atoms with Crippen molar-refractivity contribution < 1.29 is 0 Å². The molecule has 0 spiro atoms. The molecule has 1 saturated heterocycles. The third kappa shape index (κ3) is 1.21. The number of nitrogens with zero attached hydrogens (tertiary/aromatic N) is 1. The summed E-state index contributed by atoms with van der Waals surface area (Å²) in [5, 5.41) is 0. The van der Waals surface area contributed by atoms with E-state index in [1.54, 1.807) is 0 Å². The minimum Gasteiger partial charge on any atom is -0.247 e. The molecule has 1 heterocycles. The van der Waals surface area contributed by atoms with Crippen LogP contribution in [-0.4, -0.2) is 16.9 Å². The summed E-state index contributed by atoms with van der Waals surface area (Å²) < 4.78 is 2.00. The van der Waals surface area contributed by atoms with E-state index in [9.17, 15) is 0 Å². The second kappa shape index (κ2) is 1.88. The van der Waals surface area contributed by atoms with Crippen molar-refractivity contribution in [3.8, 4) is 0 Å². The molecule has 0 aromatic rings. The van der Waals surface area contributed by atoms with Crippen LogP contribution in [0, 0.1) is 0 Å². The molecule has 2 atom stereocenters. The first kappa shape index (κ1) is 5.19. The van der Waals surface area contributed by atoms with Gasteiger partial charge in [-0.25, -0.2) is 4.31 Å². The Morgan fingerprint density at radius 3 is 2.71 bits per heavy atom. The predicted octanol–water partition coefficient (Wildman–Crippen LogP) is 1.09. The first-order valence-electron chi connectivity index (χ1n) is 2.41. The monoisotopic (exact) mass is 115 g/mol. The molecule has 0 N–H and O–H groups in total. The fourth-order valence-corrected chi connectivity index (χ4v) is 0.840. The summed E-state index contributed by atoms with van der Waals surface area (Å²) in [5.74, 6) is 0. The predicted molar refractivity (Wildman–Crippen MR) is 34.3 cm³/mol. The lowest BCUT2D eigenvalue weighted by atomic mass is 10.3. The third-order valence-corrected chi connectivity index (χ3v) is 1.61.